The number of hydrogen-bond donors (Lipinski definition) is 3. The van der Waals surface area contributed by atoms with Gasteiger partial charge in [-0.3, -0.25) is 0 Å². The number of ether oxygens (including phenoxy) is 3. The lowest BCUT2D eigenvalue weighted by Crippen LogP contribution is -2.32. The van der Waals surface area contributed by atoms with Gasteiger partial charge in [0.2, 0.25) is 0 Å². The SMILES string of the molecule is OC[C@H]1O[C@@H](c2ccc(OCc3ccccc3)cc2OCc2ccccc2)[C@H](O)[C@@H]1O. The van der Waals surface area contributed by atoms with Crippen LogP contribution < -0.4 is 9.47 Å². The van der Waals surface area contributed by atoms with E-state index in [2.05, 4.69) is 0 Å². The van der Waals surface area contributed by atoms with E-state index in [9.17, 15) is 15.3 Å². The molecule has 1 fully saturated rings. The minimum atomic E-state index is -1.18. The zero-order chi connectivity index (χ0) is 21.6. The second kappa shape index (κ2) is 9.94. The van der Waals surface area contributed by atoms with Gasteiger partial charge in [-0.15, -0.1) is 0 Å². The molecule has 1 aliphatic heterocycles. The van der Waals surface area contributed by atoms with Gasteiger partial charge < -0.3 is 29.5 Å². The smallest absolute Gasteiger partial charge is 0.129 e. The van der Waals surface area contributed by atoms with E-state index in [0.29, 0.717) is 30.3 Å². The highest BCUT2D eigenvalue weighted by atomic mass is 16.6. The molecule has 0 spiro atoms. The molecule has 1 saturated heterocycles. The van der Waals surface area contributed by atoms with Crippen molar-refractivity contribution in [3.8, 4) is 11.5 Å². The van der Waals surface area contributed by atoms with Crippen LogP contribution in [0.5, 0.6) is 11.5 Å². The summed E-state index contributed by atoms with van der Waals surface area (Å²) in [6, 6.07) is 24.9. The molecule has 0 amide bonds. The largest absolute Gasteiger partial charge is 0.489 e. The van der Waals surface area contributed by atoms with E-state index in [0.717, 1.165) is 11.1 Å². The van der Waals surface area contributed by atoms with Gasteiger partial charge in [0.25, 0.3) is 0 Å². The number of aliphatic hydroxyl groups excluding tert-OH is 3. The van der Waals surface area contributed by atoms with Crippen molar-refractivity contribution in [2.24, 2.45) is 0 Å². The van der Waals surface area contributed by atoms with E-state index in [1.165, 1.54) is 0 Å². The molecule has 4 atom stereocenters. The Labute approximate surface area is 181 Å². The van der Waals surface area contributed by atoms with Gasteiger partial charge in [-0.25, -0.2) is 0 Å². The van der Waals surface area contributed by atoms with Crippen molar-refractivity contribution in [3.63, 3.8) is 0 Å². The maximum Gasteiger partial charge on any atom is 0.129 e. The predicted molar refractivity (Wildman–Crippen MR) is 115 cm³/mol. The average Bonchev–Trinajstić information content (AvgIpc) is 3.11. The molecule has 6 nitrogen and oxygen atoms in total. The Morgan fingerprint density at radius 2 is 1.35 bits per heavy atom. The van der Waals surface area contributed by atoms with Crippen molar-refractivity contribution in [3.05, 3.63) is 95.6 Å². The molecule has 0 radical (unpaired) electrons. The van der Waals surface area contributed by atoms with Crippen LogP contribution in [-0.2, 0) is 18.0 Å². The first kappa shape index (κ1) is 21.3. The topological polar surface area (TPSA) is 88.4 Å². The number of hydrogen-bond acceptors (Lipinski definition) is 6. The highest BCUT2D eigenvalue weighted by Crippen LogP contribution is 2.40. The quantitative estimate of drug-likeness (QED) is 0.517. The van der Waals surface area contributed by atoms with Crippen molar-refractivity contribution < 1.29 is 29.5 Å². The zero-order valence-electron chi connectivity index (χ0n) is 17.0. The van der Waals surface area contributed by atoms with Crippen molar-refractivity contribution in [2.75, 3.05) is 6.61 Å². The molecule has 0 aliphatic carbocycles. The fourth-order valence-corrected chi connectivity index (χ4v) is 3.60. The number of aliphatic hydroxyl groups is 3. The third-order valence-electron chi connectivity index (χ3n) is 5.32. The van der Waals surface area contributed by atoms with E-state index in [4.69, 9.17) is 14.2 Å². The van der Waals surface area contributed by atoms with Crippen molar-refractivity contribution in [2.45, 2.75) is 37.6 Å². The summed E-state index contributed by atoms with van der Waals surface area (Å²) < 4.78 is 17.7. The van der Waals surface area contributed by atoms with Gasteiger partial charge in [0.1, 0.15) is 49.1 Å². The summed E-state index contributed by atoms with van der Waals surface area (Å²) in [5.74, 6) is 1.10. The van der Waals surface area contributed by atoms with Crippen molar-refractivity contribution >= 4 is 0 Å². The maximum atomic E-state index is 10.5. The molecular formula is C25H26O6. The van der Waals surface area contributed by atoms with Crippen LogP contribution >= 0.6 is 0 Å². The molecule has 162 valence electrons. The van der Waals surface area contributed by atoms with Gasteiger partial charge in [-0.1, -0.05) is 60.7 Å². The molecule has 0 bridgehead atoms. The molecule has 1 heterocycles. The average molecular weight is 422 g/mol. The second-order valence-electron chi connectivity index (χ2n) is 7.51. The minimum absolute atomic E-state index is 0.324. The maximum absolute atomic E-state index is 10.5. The van der Waals surface area contributed by atoms with E-state index < -0.39 is 24.4 Å². The summed E-state index contributed by atoms with van der Waals surface area (Å²) in [7, 11) is 0. The van der Waals surface area contributed by atoms with Crippen LogP contribution in [0.2, 0.25) is 0 Å². The fourth-order valence-electron chi connectivity index (χ4n) is 3.60. The summed E-state index contributed by atoms with van der Waals surface area (Å²) >= 11 is 0. The Bertz CT molecular complexity index is 962. The third kappa shape index (κ3) is 5.06. The van der Waals surface area contributed by atoms with Crippen LogP contribution in [0.1, 0.15) is 22.8 Å². The van der Waals surface area contributed by atoms with Crippen molar-refractivity contribution in [1.29, 1.82) is 0 Å². The van der Waals surface area contributed by atoms with Crippen LogP contribution in [-0.4, -0.2) is 40.2 Å². The molecule has 6 heteroatoms. The Morgan fingerprint density at radius 3 is 1.94 bits per heavy atom. The summed E-state index contributed by atoms with van der Waals surface area (Å²) in [6.07, 6.45) is -4.02. The Balaban J connectivity index is 1.57. The van der Waals surface area contributed by atoms with Gasteiger partial charge in [-0.2, -0.15) is 0 Å². The van der Waals surface area contributed by atoms with Crippen LogP contribution in [0.15, 0.2) is 78.9 Å². The lowest BCUT2D eigenvalue weighted by atomic mass is 10.0. The van der Waals surface area contributed by atoms with Gasteiger partial charge >= 0.3 is 0 Å². The Kier molecular flexibility index (Phi) is 6.84. The molecular weight excluding hydrogens is 396 g/mol. The molecule has 0 aromatic heterocycles. The van der Waals surface area contributed by atoms with E-state index >= 15 is 0 Å². The normalized spacial score (nSPS) is 22.9. The summed E-state index contributed by atoms with van der Waals surface area (Å²) in [4.78, 5) is 0. The highest BCUT2D eigenvalue weighted by Gasteiger charge is 2.44. The van der Waals surface area contributed by atoms with E-state index in [1.807, 2.05) is 60.7 Å². The third-order valence-corrected chi connectivity index (χ3v) is 5.32. The lowest BCUT2D eigenvalue weighted by molar-refractivity contribution is -0.0235. The molecule has 1 aliphatic rings. The zero-order valence-corrected chi connectivity index (χ0v) is 17.0. The van der Waals surface area contributed by atoms with Crippen molar-refractivity contribution in [1.82, 2.24) is 0 Å². The second-order valence-corrected chi connectivity index (χ2v) is 7.51. The van der Waals surface area contributed by atoms with Gasteiger partial charge in [-0.05, 0) is 23.3 Å². The summed E-state index contributed by atoms with van der Waals surface area (Å²) in [5.41, 5.74) is 2.62. The van der Waals surface area contributed by atoms with Crippen LogP contribution in [0.25, 0.3) is 0 Å². The summed E-state index contributed by atoms with van der Waals surface area (Å²) in [6.45, 7) is 0.351. The number of benzene rings is 3. The van der Waals surface area contributed by atoms with Gasteiger partial charge in [0.15, 0.2) is 0 Å². The highest BCUT2D eigenvalue weighted by molar-refractivity contribution is 5.43. The van der Waals surface area contributed by atoms with Crippen LogP contribution in [0.4, 0.5) is 0 Å². The lowest BCUT2D eigenvalue weighted by Gasteiger charge is -2.20. The molecule has 31 heavy (non-hydrogen) atoms. The fraction of sp³-hybridized carbons (Fsp3) is 0.280. The van der Waals surface area contributed by atoms with Crippen LogP contribution in [0, 0.1) is 0 Å². The Morgan fingerprint density at radius 1 is 0.742 bits per heavy atom. The Hall–Kier alpha value is -2.90. The number of rotatable bonds is 8. The monoisotopic (exact) mass is 422 g/mol. The predicted octanol–water partition coefficient (Wildman–Crippen LogP) is 3.00. The molecule has 3 aromatic rings. The van der Waals surface area contributed by atoms with E-state index in [1.54, 1.807) is 18.2 Å². The minimum Gasteiger partial charge on any atom is -0.489 e. The molecule has 4 rings (SSSR count). The first-order chi connectivity index (χ1) is 15.2. The molecule has 0 unspecified atom stereocenters. The molecule has 0 saturated carbocycles. The first-order valence-corrected chi connectivity index (χ1v) is 10.3. The van der Waals surface area contributed by atoms with Crippen LogP contribution in [0.3, 0.4) is 0 Å². The molecule has 3 aromatic carbocycles. The van der Waals surface area contributed by atoms with Gasteiger partial charge in [0, 0.05) is 11.6 Å². The van der Waals surface area contributed by atoms with E-state index in [-0.39, 0.29) is 6.61 Å². The van der Waals surface area contributed by atoms with Gasteiger partial charge in [0.05, 0.1) is 6.61 Å². The molecule has 3 N–H and O–H groups in total. The standard InChI is InChI=1S/C25H26O6/c26-14-22-23(27)24(28)25(31-22)20-12-11-19(29-15-17-7-3-1-4-8-17)13-21(20)30-16-18-9-5-2-6-10-18/h1-13,22-28H,14-16H2/t22-,23-,24-,25+/m1/s1. The summed E-state index contributed by atoms with van der Waals surface area (Å²) in [5, 5.41) is 30.0. The first-order valence-electron chi connectivity index (χ1n) is 10.3.